The van der Waals surface area contributed by atoms with Crippen molar-refractivity contribution < 1.29 is 19.0 Å². The molecule has 264 valence electrons. The van der Waals surface area contributed by atoms with Crippen LogP contribution in [-0.4, -0.2) is 86.9 Å². The molecule has 3 aliphatic heterocycles. The Hall–Kier alpha value is -4.66. The lowest BCUT2D eigenvalue weighted by Crippen LogP contribution is -2.57. The highest BCUT2D eigenvalue weighted by Gasteiger charge is 2.56. The van der Waals surface area contributed by atoms with Crippen molar-refractivity contribution in [3.63, 3.8) is 0 Å². The Morgan fingerprint density at radius 3 is 2.59 bits per heavy atom. The quantitative estimate of drug-likeness (QED) is 0.175. The number of carbonyl (C=O) groups excluding carboxylic acids is 1. The molecule has 12 heteroatoms. The van der Waals surface area contributed by atoms with Gasteiger partial charge in [-0.25, -0.2) is 19.2 Å². The molecule has 51 heavy (non-hydrogen) atoms. The molecule has 1 saturated carbocycles. The highest BCUT2D eigenvalue weighted by Crippen LogP contribution is 2.53. The van der Waals surface area contributed by atoms with Crippen LogP contribution in [0.25, 0.3) is 43.8 Å². The molecule has 5 heterocycles. The van der Waals surface area contributed by atoms with E-state index in [1.54, 1.807) is 12.1 Å². The van der Waals surface area contributed by atoms with Gasteiger partial charge in [0.1, 0.15) is 28.2 Å². The minimum atomic E-state index is -0.628. The number of imidazole rings is 1. The molecule has 9 rings (SSSR count). The summed E-state index contributed by atoms with van der Waals surface area (Å²) in [6.45, 7) is 7.55. The maximum atomic E-state index is 17.6. The van der Waals surface area contributed by atoms with E-state index in [0.29, 0.717) is 71.3 Å². The van der Waals surface area contributed by atoms with Crippen LogP contribution >= 0.6 is 11.6 Å². The average molecular weight is 710 g/mol. The molecule has 4 fully saturated rings. The van der Waals surface area contributed by atoms with E-state index in [1.807, 2.05) is 70.1 Å². The topological polar surface area (TPSA) is 111 Å². The molecule has 3 unspecified atom stereocenters. The Labute approximate surface area is 301 Å². The number of nitrogens with zero attached hydrogens (tertiary/aromatic N) is 7. The zero-order chi connectivity index (χ0) is 35.9. The molecule has 1 amide bonds. The molecule has 2 aromatic heterocycles. The van der Waals surface area contributed by atoms with Crippen LogP contribution in [0.3, 0.4) is 0 Å². The smallest absolute Gasteiger partial charge is 0.410 e. The van der Waals surface area contributed by atoms with Crippen LogP contribution in [0.5, 0.6) is 5.75 Å². The van der Waals surface area contributed by atoms with Gasteiger partial charge in [-0.3, -0.25) is 0 Å². The first kappa shape index (κ1) is 33.5. The lowest BCUT2D eigenvalue weighted by atomic mass is 9.79. The summed E-state index contributed by atoms with van der Waals surface area (Å²) in [5.41, 5.74) is 2.43. The van der Waals surface area contributed by atoms with Crippen LogP contribution in [-0.2, 0) is 17.0 Å². The van der Waals surface area contributed by atoms with E-state index in [0.717, 1.165) is 22.7 Å². The monoisotopic (exact) mass is 709 g/mol. The summed E-state index contributed by atoms with van der Waals surface area (Å²) in [6, 6.07) is 15.1. The van der Waals surface area contributed by atoms with E-state index < -0.39 is 11.4 Å². The zero-order valence-electron chi connectivity index (χ0n) is 29.5. The Morgan fingerprint density at radius 2 is 1.88 bits per heavy atom. The number of phenols is 1. The van der Waals surface area contributed by atoms with E-state index in [1.165, 1.54) is 0 Å². The maximum absolute atomic E-state index is 17.6. The number of benzene rings is 3. The number of phenolic OH excluding ortho intramolecular Hbond substituents is 1. The van der Waals surface area contributed by atoms with E-state index in [9.17, 15) is 15.2 Å². The Morgan fingerprint density at radius 1 is 1.12 bits per heavy atom. The van der Waals surface area contributed by atoms with Gasteiger partial charge in [0.2, 0.25) is 0 Å². The van der Waals surface area contributed by atoms with Crippen molar-refractivity contribution >= 4 is 56.2 Å². The number of nitriles is 1. The summed E-state index contributed by atoms with van der Waals surface area (Å²) in [5.74, 6) is 1.00. The number of hydrogen-bond acceptors (Lipinski definition) is 8. The number of rotatable bonds is 7. The fraction of sp³-hybridized carbons (Fsp3) is 0.436. The number of fused-ring (bicyclic) bond motifs is 5. The van der Waals surface area contributed by atoms with Gasteiger partial charge in [0.05, 0.1) is 29.5 Å². The molecule has 3 atom stereocenters. The number of ether oxygens (including phenoxy) is 1. The zero-order valence-corrected chi connectivity index (χ0v) is 30.2. The number of aromatic nitrogens is 3. The first-order chi connectivity index (χ1) is 24.4. The van der Waals surface area contributed by atoms with Gasteiger partial charge in [-0.1, -0.05) is 24.3 Å². The van der Waals surface area contributed by atoms with E-state index >= 15 is 4.39 Å². The van der Waals surface area contributed by atoms with Gasteiger partial charge in [0, 0.05) is 49.0 Å². The molecule has 0 spiro atoms. The van der Waals surface area contributed by atoms with Gasteiger partial charge in [-0.05, 0) is 87.8 Å². The average Bonchev–Trinajstić information content (AvgIpc) is 3.75. The van der Waals surface area contributed by atoms with E-state index in [-0.39, 0.29) is 47.7 Å². The molecule has 3 saturated heterocycles. The van der Waals surface area contributed by atoms with E-state index in [2.05, 4.69) is 20.4 Å². The third-order valence-corrected chi connectivity index (χ3v) is 11.0. The molecule has 3 aromatic carbocycles. The van der Waals surface area contributed by atoms with E-state index in [4.69, 9.17) is 26.3 Å². The minimum absolute atomic E-state index is 0.0219. The van der Waals surface area contributed by atoms with Crippen LogP contribution in [0.1, 0.15) is 51.0 Å². The van der Waals surface area contributed by atoms with Gasteiger partial charge < -0.3 is 29.1 Å². The summed E-state index contributed by atoms with van der Waals surface area (Å²) in [4.78, 5) is 29.6. The van der Waals surface area contributed by atoms with Crippen LogP contribution in [0.2, 0.25) is 0 Å². The number of pyridine rings is 1. The van der Waals surface area contributed by atoms with Gasteiger partial charge in [0.25, 0.3) is 0 Å². The highest BCUT2D eigenvalue weighted by molar-refractivity contribution is 6.17. The SMILES string of the molecule is CN(C)C1CN(c2nc3c(F)c(-c4cc(O)cc5ccccc45)c(CCC#N)cc3c3c2nc(CCl)n3C2C3CC2N(C(=O)OC(C)(C)C)C3)C1. The maximum Gasteiger partial charge on any atom is 0.410 e. The molecule has 0 radical (unpaired) electrons. The number of amides is 1. The number of likely N-dealkylation sites (N-methyl/N-ethyl adjacent to an activating group) is 1. The lowest BCUT2D eigenvalue weighted by Gasteiger charge is -2.43. The number of carbonyl (C=O) groups is 1. The molecule has 4 aliphatic rings. The number of alkyl halides is 1. The van der Waals surface area contributed by atoms with Crippen LogP contribution < -0.4 is 4.90 Å². The summed E-state index contributed by atoms with van der Waals surface area (Å²) >= 11 is 6.67. The second-order valence-electron chi connectivity index (χ2n) is 15.4. The molecular weight excluding hydrogens is 669 g/mol. The second kappa shape index (κ2) is 12.2. The van der Waals surface area contributed by atoms with Crippen molar-refractivity contribution in [1.82, 2.24) is 24.3 Å². The lowest BCUT2D eigenvalue weighted by molar-refractivity contribution is 0.0209. The third-order valence-electron chi connectivity index (χ3n) is 10.8. The largest absolute Gasteiger partial charge is 0.508 e. The van der Waals surface area contributed by atoms with Crippen molar-refractivity contribution in [2.75, 3.05) is 38.6 Å². The fourth-order valence-electron chi connectivity index (χ4n) is 8.31. The van der Waals surface area contributed by atoms with Crippen molar-refractivity contribution in [2.45, 2.75) is 69.6 Å². The number of aromatic hydroxyl groups is 1. The van der Waals surface area contributed by atoms with Crippen molar-refractivity contribution in [3.05, 3.63) is 59.7 Å². The van der Waals surface area contributed by atoms with Gasteiger partial charge in [-0.2, -0.15) is 5.26 Å². The number of halogens is 2. The molecule has 5 aromatic rings. The summed E-state index contributed by atoms with van der Waals surface area (Å²) in [6.07, 6.45) is 0.950. The Balaban J connectivity index is 1.39. The van der Waals surface area contributed by atoms with Crippen molar-refractivity contribution in [1.29, 1.82) is 5.26 Å². The first-order valence-electron chi connectivity index (χ1n) is 17.5. The number of anilines is 1. The predicted molar refractivity (Wildman–Crippen MR) is 197 cm³/mol. The second-order valence-corrected chi connectivity index (χ2v) is 15.6. The Kier molecular flexibility index (Phi) is 8.04. The van der Waals surface area contributed by atoms with Gasteiger partial charge in [-0.15, -0.1) is 11.6 Å². The minimum Gasteiger partial charge on any atom is -0.508 e. The summed E-state index contributed by atoms with van der Waals surface area (Å²) in [7, 11) is 4.09. The standard InChI is InChI=1S/C39H41ClFN7O3/c1-39(2,3)51-38(50)47-18-23-15-29(47)35(23)48-30(17-40)43-34-36(48)28-14-22(10-8-12-42)31(27-16-25(49)13-21-9-6-7-11-26(21)27)32(41)33(28)44-37(34)46-19-24(20-46)45(4)5/h6-7,9,11,13-14,16,23-24,29,35,49H,8,10,15,17-20H2,1-5H3. The molecule has 2 bridgehead atoms. The summed E-state index contributed by atoms with van der Waals surface area (Å²) < 4.78 is 25.6. The molecular formula is C39H41ClFN7O3. The van der Waals surface area contributed by atoms with Gasteiger partial charge in [0.15, 0.2) is 11.6 Å². The molecule has 1 N–H and O–H groups in total. The molecule has 10 nitrogen and oxygen atoms in total. The predicted octanol–water partition coefficient (Wildman–Crippen LogP) is 7.37. The normalized spacial score (nSPS) is 20.3. The first-order valence-corrected chi connectivity index (χ1v) is 18.0. The van der Waals surface area contributed by atoms with Crippen molar-refractivity contribution in [2.24, 2.45) is 5.92 Å². The van der Waals surface area contributed by atoms with Crippen LogP contribution in [0.4, 0.5) is 15.0 Å². The highest BCUT2D eigenvalue weighted by atomic mass is 35.5. The number of hydrogen-bond donors (Lipinski definition) is 1. The Bertz CT molecular complexity index is 2270. The molecule has 1 aliphatic carbocycles. The van der Waals surface area contributed by atoms with Gasteiger partial charge >= 0.3 is 6.09 Å². The number of aryl methyl sites for hydroxylation is 1. The van der Waals surface area contributed by atoms with Crippen LogP contribution in [0, 0.1) is 23.1 Å². The summed E-state index contributed by atoms with van der Waals surface area (Å²) in [5, 5.41) is 22.6. The fourth-order valence-corrected chi connectivity index (χ4v) is 8.50. The van der Waals surface area contributed by atoms with Crippen LogP contribution in [0.15, 0.2) is 42.5 Å². The van der Waals surface area contributed by atoms with Crippen molar-refractivity contribution in [3.8, 4) is 22.9 Å². The third kappa shape index (κ3) is 5.42.